The standard InChI is InChI=1S/C20H20N2/c1-2-10-16(11-3-1)20-21-14-19(22-20)18-13-7-6-12-17(18)15-8-4-5-9-15/h1-3,6-7,10-15H,4-5,8-9H2,(H,21,22). The summed E-state index contributed by atoms with van der Waals surface area (Å²) in [6, 6.07) is 19.1. The van der Waals surface area contributed by atoms with Gasteiger partial charge in [0.2, 0.25) is 0 Å². The van der Waals surface area contributed by atoms with Crippen LogP contribution in [0.4, 0.5) is 0 Å². The summed E-state index contributed by atoms with van der Waals surface area (Å²) in [5.41, 5.74) is 5.04. The van der Waals surface area contributed by atoms with Gasteiger partial charge in [-0.2, -0.15) is 0 Å². The number of benzene rings is 2. The monoisotopic (exact) mass is 288 g/mol. The number of nitrogens with one attached hydrogen (secondary N) is 1. The molecule has 0 unspecified atom stereocenters. The van der Waals surface area contributed by atoms with Crippen LogP contribution in [-0.4, -0.2) is 9.97 Å². The molecule has 1 heterocycles. The Morgan fingerprint density at radius 1 is 0.864 bits per heavy atom. The van der Waals surface area contributed by atoms with E-state index in [4.69, 9.17) is 0 Å². The highest BCUT2D eigenvalue weighted by atomic mass is 14.9. The zero-order valence-electron chi connectivity index (χ0n) is 12.6. The van der Waals surface area contributed by atoms with E-state index in [9.17, 15) is 0 Å². The van der Waals surface area contributed by atoms with Crippen molar-refractivity contribution in [2.75, 3.05) is 0 Å². The summed E-state index contributed by atoms with van der Waals surface area (Å²) in [7, 11) is 0. The number of aromatic nitrogens is 2. The van der Waals surface area contributed by atoms with Gasteiger partial charge < -0.3 is 4.98 Å². The van der Waals surface area contributed by atoms with Crippen molar-refractivity contribution < 1.29 is 0 Å². The second-order valence-corrected chi connectivity index (χ2v) is 6.08. The van der Waals surface area contributed by atoms with Gasteiger partial charge in [0, 0.05) is 11.1 Å². The van der Waals surface area contributed by atoms with Crippen LogP contribution in [0.5, 0.6) is 0 Å². The van der Waals surface area contributed by atoms with Crippen LogP contribution >= 0.6 is 0 Å². The largest absolute Gasteiger partial charge is 0.338 e. The van der Waals surface area contributed by atoms with Crippen LogP contribution in [-0.2, 0) is 0 Å². The number of rotatable bonds is 3. The lowest BCUT2D eigenvalue weighted by Crippen LogP contribution is -1.95. The van der Waals surface area contributed by atoms with Crippen LogP contribution in [0.3, 0.4) is 0 Å². The highest BCUT2D eigenvalue weighted by molar-refractivity contribution is 5.67. The first-order chi connectivity index (χ1) is 10.9. The summed E-state index contributed by atoms with van der Waals surface area (Å²) in [4.78, 5) is 8.07. The van der Waals surface area contributed by atoms with E-state index in [2.05, 4.69) is 46.4 Å². The second-order valence-electron chi connectivity index (χ2n) is 6.08. The molecule has 4 rings (SSSR count). The van der Waals surface area contributed by atoms with Gasteiger partial charge in [-0.1, -0.05) is 67.4 Å². The third kappa shape index (κ3) is 2.45. The topological polar surface area (TPSA) is 28.7 Å². The van der Waals surface area contributed by atoms with Crippen molar-refractivity contribution in [2.45, 2.75) is 31.6 Å². The van der Waals surface area contributed by atoms with Crippen LogP contribution in [0.2, 0.25) is 0 Å². The average Bonchev–Trinajstić information content (AvgIpc) is 3.28. The number of nitrogens with zero attached hydrogens (tertiary/aromatic N) is 1. The molecule has 110 valence electrons. The summed E-state index contributed by atoms with van der Waals surface area (Å²) in [5, 5.41) is 0. The SMILES string of the molecule is c1ccc(-c2ncc(-c3ccccc3C3CCCC3)[nH]2)cc1. The lowest BCUT2D eigenvalue weighted by molar-refractivity contribution is 0.725. The molecule has 0 aliphatic heterocycles. The van der Waals surface area contributed by atoms with Crippen molar-refractivity contribution in [1.82, 2.24) is 9.97 Å². The van der Waals surface area contributed by atoms with Crippen LogP contribution in [0.15, 0.2) is 60.8 Å². The second kappa shape index (κ2) is 5.80. The third-order valence-electron chi connectivity index (χ3n) is 4.67. The Morgan fingerprint density at radius 3 is 2.41 bits per heavy atom. The highest BCUT2D eigenvalue weighted by Gasteiger charge is 2.20. The van der Waals surface area contributed by atoms with Gasteiger partial charge in [0.15, 0.2) is 0 Å². The molecular weight excluding hydrogens is 268 g/mol. The van der Waals surface area contributed by atoms with Gasteiger partial charge in [-0.3, -0.25) is 0 Å². The van der Waals surface area contributed by atoms with Gasteiger partial charge in [-0.05, 0) is 24.3 Å². The van der Waals surface area contributed by atoms with Gasteiger partial charge in [-0.15, -0.1) is 0 Å². The molecule has 2 nitrogen and oxygen atoms in total. The summed E-state index contributed by atoms with van der Waals surface area (Å²) in [5.74, 6) is 1.65. The van der Waals surface area contributed by atoms with Gasteiger partial charge in [0.1, 0.15) is 5.82 Å². The molecule has 0 amide bonds. The lowest BCUT2D eigenvalue weighted by Gasteiger charge is -2.14. The number of H-pyrrole nitrogens is 1. The number of hydrogen-bond donors (Lipinski definition) is 1. The zero-order valence-corrected chi connectivity index (χ0v) is 12.6. The van der Waals surface area contributed by atoms with E-state index in [-0.39, 0.29) is 0 Å². The fourth-order valence-electron chi connectivity index (χ4n) is 3.54. The molecule has 0 atom stereocenters. The van der Waals surface area contributed by atoms with Gasteiger partial charge in [-0.25, -0.2) is 4.98 Å². The Kier molecular flexibility index (Phi) is 3.51. The summed E-state index contributed by atoms with van der Waals surface area (Å²) in [6.45, 7) is 0. The number of imidazole rings is 1. The third-order valence-corrected chi connectivity index (χ3v) is 4.67. The Hall–Kier alpha value is -2.35. The smallest absolute Gasteiger partial charge is 0.137 e. The molecule has 1 fully saturated rings. The molecular formula is C20H20N2. The minimum absolute atomic E-state index is 0.708. The molecule has 0 bridgehead atoms. The van der Waals surface area contributed by atoms with Crippen molar-refractivity contribution in [3.63, 3.8) is 0 Å². The molecule has 0 saturated heterocycles. The molecule has 0 radical (unpaired) electrons. The first-order valence-corrected chi connectivity index (χ1v) is 8.11. The molecule has 1 aliphatic rings. The Morgan fingerprint density at radius 2 is 1.59 bits per heavy atom. The fraction of sp³-hybridized carbons (Fsp3) is 0.250. The van der Waals surface area contributed by atoms with Crippen LogP contribution in [0, 0.1) is 0 Å². The zero-order chi connectivity index (χ0) is 14.8. The minimum atomic E-state index is 0.708. The van der Waals surface area contributed by atoms with E-state index in [1.165, 1.54) is 36.8 Å². The quantitative estimate of drug-likeness (QED) is 0.686. The predicted molar refractivity (Wildman–Crippen MR) is 90.7 cm³/mol. The van der Waals surface area contributed by atoms with Gasteiger partial charge >= 0.3 is 0 Å². The van der Waals surface area contributed by atoms with Crippen molar-refractivity contribution in [3.8, 4) is 22.6 Å². The summed E-state index contributed by atoms with van der Waals surface area (Å²) in [6.07, 6.45) is 7.32. The van der Waals surface area contributed by atoms with E-state index in [1.807, 2.05) is 24.4 Å². The molecule has 2 aromatic carbocycles. The first-order valence-electron chi connectivity index (χ1n) is 8.11. The molecule has 1 N–H and O–H groups in total. The van der Waals surface area contributed by atoms with E-state index < -0.39 is 0 Å². The highest BCUT2D eigenvalue weighted by Crippen LogP contribution is 2.39. The normalized spacial score (nSPS) is 15.3. The van der Waals surface area contributed by atoms with Crippen molar-refractivity contribution in [2.24, 2.45) is 0 Å². The fourth-order valence-corrected chi connectivity index (χ4v) is 3.54. The van der Waals surface area contributed by atoms with E-state index in [0.717, 1.165) is 17.1 Å². The molecule has 22 heavy (non-hydrogen) atoms. The Balaban J connectivity index is 1.72. The maximum Gasteiger partial charge on any atom is 0.137 e. The van der Waals surface area contributed by atoms with Crippen molar-refractivity contribution in [3.05, 3.63) is 66.4 Å². The van der Waals surface area contributed by atoms with Crippen LogP contribution < -0.4 is 0 Å². The predicted octanol–water partition coefficient (Wildman–Crippen LogP) is 5.40. The maximum atomic E-state index is 4.57. The Labute approximate surface area is 131 Å². The van der Waals surface area contributed by atoms with Gasteiger partial charge in [0.25, 0.3) is 0 Å². The Bertz CT molecular complexity index is 752. The van der Waals surface area contributed by atoms with E-state index in [1.54, 1.807) is 0 Å². The molecule has 3 aromatic rings. The van der Waals surface area contributed by atoms with Crippen molar-refractivity contribution >= 4 is 0 Å². The van der Waals surface area contributed by atoms with Crippen LogP contribution in [0.1, 0.15) is 37.2 Å². The average molecular weight is 288 g/mol. The molecule has 1 saturated carbocycles. The minimum Gasteiger partial charge on any atom is -0.338 e. The first kappa shape index (κ1) is 13.3. The number of aromatic amines is 1. The maximum absolute atomic E-state index is 4.57. The molecule has 2 heteroatoms. The van der Waals surface area contributed by atoms with Crippen molar-refractivity contribution in [1.29, 1.82) is 0 Å². The lowest BCUT2D eigenvalue weighted by atomic mass is 9.92. The summed E-state index contributed by atoms with van der Waals surface area (Å²) < 4.78 is 0. The molecule has 0 spiro atoms. The van der Waals surface area contributed by atoms with E-state index >= 15 is 0 Å². The van der Waals surface area contributed by atoms with Gasteiger partial charge in [0.05, 0.1) is 11.9 Å². The van der Waals surface area contributed by atoms with Crippen LogP contribution in [0.25, 0.3) is 22.6 Å². The summed E-state index contributed by atoms with van der Waals surface area (Å²) >= 11 is 0. The molecule has 1 aromatic heterocycles. The molecule has 1 aliphatic carbocycles. The van der Waals surface area contributed by atoms with E-state index in [0.29, 0.717) is 5.92 Å². The number of hydrogen-bond acceptors (Lipinski definition) is 1.